The lowest BCUT2D eigenvalue weighted by molar-refractivity contribution is -0.156. The van der Waals surface area contributed by atoms with Crippen LogP contribution in [0.5, 0.6) is 0 Å². The summed E-state index contributed by atoms with van der Waals surface area (Å²) < 4.78 is 38.1. The molecule has 0 N–H and O–H groups in total. The average molecular weight is 425 g/mol. The van der Waals surface area contributed by atoms with Crippen LogP contribution in [-0.2, 0) is 14.3 Å². The third-order valence-corrected chi connectivity index (χ3v) is 5.55. The Kier molecular flexibility index (Phi) is 5.69. The lowest BCUT2D eigenvalue weighted by Crippen LogP contribution is -2.56. The van der Waals surface area contributed by atoms with Gasteiger partial charge >= 0.3 is 5.97 Å². The van der Waals surface area contributed by atoms with Crippen LogP contribution >= 0.6 is 0 Å². The molecule has 7 heteroatoms. The number of nitrogens with zero attached hydrogens (tertiary/aromatic N) is 1. The van der Waals surface area contributed by atoms with Crippen molar-refractivity contribution in [1.82, 2.24) is 4.90 Å². The van der Waals surface area contributed by atoms with Gasteiger partial charge in [0.05, 0.1) is 19.8 Å². The minimum Gasteiger partial charge on any atom is -0.467 e. The Hall–Kier alpha value is -3.32. The molecule has 4 rings (SSSR count). The van der Waals surface area contributed by atoms with E-state index in [1.165, 1.54) is 24.1 Å². The summed E-state index contributed by atoms with van der Waals surface area (Å²) in [5.74, 6) is -2.63. The van der Waals surface area contributed by atoms with E-state index in [4.69, 9.17) is 9.47 Å². The van der Waals surface area contributed by atoms with Crippen LogP contribution in [0.2, 0.25) is 0 Å². The molecule has 0 aromatic heterocycles. The maximum absolute atomic E-state index is 14.2. The Morgan fingerprint density at radius 1 is 1.06 bits per heavy atom. The first-order valence-electron chi connectivity index (χ1n) is 9.89. The summed E-state index contributed by atoms with van der Waals surface area (Å²) in [5, 5.41) is 1.54. The molecule has 1 fully saturated rings. The predicted molar refractivity (Wildman–Crippen MR) is 112 cm³/mol. The number of fused-ring (bicyclic) bond motifs is 1. The van der Waals surface area contributed by atoms with E-state index in [1.54, 1.807) is 43.3 Å². The summed E-state index contributed by atoms with van der Waals surface area (Å²) in [4.78, 5) is 26.8. The number of hydrogen-bond donors (Lipinski definition) is 0. The van der Waals surface area contributed by atoms with Gasteiger partial charge in [0.25, 0.3) is 5.91 Å². The molecular formula is C24H21F2NO4. The van der Waals surface area contributed by atoms with Gasteiger partial charge in [0.1, 0.15) is 0 Å². The highest BCUT2D eigenvalue weighted by atomic mass is 19.2. The number of morpholine rings is 1. The van der Waals surface area contributed by atoms with Gasteiger partial charge in [0, 0.05) is 17.7 Å². The second kappa shape index (κ2) is 8.43. The SMILES string of the molecule is COC(=O)[C@@H]1[C@@H](C)OCCN1C(=O)c1ccc2cc(-c3cccc(F)c3F)ccc2c1. The first kappa shape index (κ1) is 20.9. The van der Waals surface area contributed by atoms with E-state index in [9.17, 15) is 18.4 Å². The van der Waals surface area contributed by atoms with Crippen molar-refractivity contribution in [3.05, 3.63) is 71.8 Å². The molecule has 0 unspecified atom stereocenters. The summed E-state index contributed by atoms with van der Waals surface area (Å²) in [6, 6.07) is 13.5. The smallest absolute Gasteiger partial charge is 0.331 e. The largest absolute Gasteiger partial charge is 0.467 e. The number of esters is 1. The summed E-state index contributed by atoms with van der Waals surface area (Å²) >= 11 is 0. The summed E-state index contributed by atoms with van der Waals surface area (Å²) in [6.07, 6.45) is -0.477. The number of hydrogen-bond acceptors (Lipinski definition) is 4. The third-order valence-electron chi connectivity index (χ3n) is 5.55. The standard InChI is InChI=1S/C24H21F2NO4/c1-14-22(24(29)30-2)27(10-11-31-14)23(28)18-9-7-15-12-17(8-6-16(15)13-18)19-4-3-5-20(25)21(19)26/h3-9,12-14,22H,10-11H2,1-2H3/t14-,22+/m1/s1. The van der Waals surface area contributed by atoms with Gasteiger partial charge in [-0.25, -0.2) is 13.6 Å². The molecular weight excluding hydrogens is 404 g/mol. The first-order chi connectivity index (χ1) is 14.9. The van der Waals surface area contributed by atoms with Crippen molar-refractivity contribution in [3.8, 4) is 11.1 Å². The number of carbonyl (C=O) groups is 2. The van der Waals surface area contributed by atoms with Gasteiger partial charge in [-0.2, -0.15) is 0 Å². The second-order valence-electron chi connectivity index (χ2n) is 7.42. The third kappa shape index (κ3) is 3.88. The average Bonchev–Trinajstić information content (AvgIpc) is 2.79. The zero-order valence-corrected chi connectivity index (χ0v) is 17.1. The highest BCUT2D eigenvalue weighted by Gasteiger charge is 2.39. The van der Waals surface area contributed by atoms with Crippen LogP contribution in [0.15, 0.2) is 54.6 Å². The Balaban J connectivity index is 1.67. The molecule has 0 saturated carbocycles. The van der Waals surface area contributed by atoms with Crippen molar-refractivity contribution < 1.29 is 27.8 Å². The number of halogens is 2. The number of amides is 1. The van der Waals surface area contributed by atoms with Gasteiger partial charge in [-0.15, -0.1) is 0 Å². The zero-order valence-electron chi connectivity index (χ0n) is 17.1. The summed E-state index contributed by atoms with van der Waals surface area (Å²) in [6.45, 7) is 2.34. The van der Waals surface area contributed by atoms with Crippen LogP contribution in [0.4, 0.5) is 8.78 Å². The van der Waals surface area contributed by atoms with Gasteiger partial charge in [-0.1, -0.05) is 30.3 Å². The molecule has 3 aromatic rings. The Bertz CT molecular complexity index is 1160. The van der Waals surface area contributed by atoms with Gasteiger partial charge in [0.15, 0.2) is 17.7 Å². The van der Waals surface area contributed by atoms with Crippen molar-refractivity contribution in [2.24, 2.45) is 0 Å². The van der Waals surface area contributed by atoms with Crippen LogP contribution in [0.1, 0.15) is 17.3 Å². The fourth-order valence-electron chi connectivity index (χ4n) is 3.93. The fourth-order valence-corrected chi connectivity index (χ4v) is 3.93. The van der Waals surface area contributed by atoms with Gasteiger partial charge in [-0.3, -0.25) is 4.79 Å². The molecule has 160 valence electrons. The Labute approximate surface area is 178 Å². The van der Waals surface area contributed by atoms with E-state index in [0.717, 1.165) is 16.8 Å². The van der Waals surface area contributed by atoms with E-state index in [1.807, 2.05) is 0 Å². The monoisotopic (exact) mass is 425 g/mol. The van der Waals surface area contributed by atoms with Crippen molar-refractivity contribution in [3.63, 3.8) is 0 Å². The molecule has 3 aromatic carbocycles. The summed E-state index contributed by atoms with van der Waals surface area (Å²) in [7, 11) is 1.28. The lowest BCUT2D eigenvalue weighted by Gasteiger charge is -2.37. The topological polar surface area (TPSA) is 55.8 Å². The number of ether oxygens (including phenoxy) is 2. The van der Waals surface area contributed by atoms with Crippen LogP contribution < -0.4 is 0 Å². The van der Waals surface area contributed by atoms with E-state index in [0.29, 0.717) is 17.7 Å². The maximum Gasteiger partial charge on any atom is 0.331 e. The molecule has 1 aliphatic rings. The Morgan fingerprint density at radius 3 is 2.58 bits per heavy atom. The van der Waals surface area contributed by atoms with Crippen molar-refractivity contribution >= 4 is 22.6 Å². The quantitative estimate of drug-likeness (QED) is 0.591. The fraction of sp³-hybridized carbons (Fsp3) is 0.250. The molecule has 1 aliphatic heterocycles. The molecule has 1 amide bonds. The van der Waals surface area contributed by atoms with Crippen LogP contribution in [-0.4, -0.2) is 49.2 Å². The van der Waals surface area contributed by atoms with Crippen molar-refractivity contribution in [2.45, 2.75) is 19.1 Å². The molecule has 0 aliphatic carbocycles. The maximum atomic E-state index is 14.2. The van der Waals surface area contributed by atoms with E-state index < -0.39 is 29.7 Å². The van der Waals surface area contributed by atoms with E-state index >= 15 is 0 Å². The van der Waals surface area contributed by atoms with E-state index in [-0.39, 0.29) is 18.0 Å². The van der Waals surface area contributed by atoms with Crippen LogP contribution in [0.25, 0.3) is 21.9 Å². The lowest BCUT2D eigenvalue weighted by atomic mass is 9.98. The van der Waals surface area contributed by atoms with Crippen molar-refractivity contribution in [1.29, 1.82) is 0 Å². The van der Waals surface area contributed by atoms with Gasteiger partial charge in [-0.05, 0) is 47.5 Å². The number of rotatable bonds is 3. The highest BCUT2D eigenvalue weighted by molar-refractivity contribution is 6.01. The van der Waals surface area contributed by atoms with Gasteiger partial charge < -0.3 is 14.4 Å². The van der Waals surface area contributed by atoms with Crippen LogP contribution in [0, 0.1) is 11.6 Å². The first-order valence-corrected chi connectivity index (χ1v) is 9.89. The number of benzene rings is 3. The molecule has 1 heterocycles. The van der Waals surface area contributed by atoms with Crippen LogP contribution in [0.3, 0.4) is 0 Å². The summed E-state index contributed by atoms with van der Waals surface area (Å²) in [5.41, 5.74) is 1.13. The minimum atomic E-state index is -0.904. The Morgan fingerprint density at radius 2 is 1.81 bits per heavy atom. The second-order valence-corrected chi connectivity index (χ2v) is 7.42. The van der Waals surface area contributed by atoms with Gasteiger partial charge in [0.2, 0.25) is 0 Å². The molecule has 5 nitrogen and oxygen atoms in total. The molecule has 31 heavy (non-hydrogen) atoms. The van der Waals surface area contributed by atoms with Crippen molar-refractivity contribution in [2.75, 3.05) is 20.3 Å². The normalized spacial score (nSPS) is 18.8. The molecule has 2 atom stereocenters. The molecule has 0 bridgehead atoms. The highest BCUT2D eigenvalue weighted by Crippen LogP contribution is 2.29. The number of methoxy groups -OCH3 is 1. The predicted octanol–water partition coefficient (Wildman–Crippen LogP) is 4.19. The minimum absolute atomic E-state index is 0.172. The molecule has 1 saturated heterocycles. The zero-order chi connectivity index (χ0) is 22.1. The molecule has 0 radical (unpaired) electrons. The van der Waals surface area contributed by atoms with E-state index in [2.05, 4.69) is 0 Å². The number of carbonyl (C=O) groups excluding carboxylic acids is 2. The molecule has 0 spiro atoms.